The molecule has 5 nitrogen and oxygen atoms in total. The molecule has 0 spiro atoms. The van der Waals surface area contributed by atoms with Crippen LogP contribution in [0.15, 0.2) is 0 Å². The van der Waals surface area contributed by atoms with Gasteiger partial charge in [-0.25, -0.2) is 4.79 Å². The van der Waals surface area contributed by atoms with Crippen LogP contribution in [0.5, 0.6) is 0 Å². The lowest BCUT2D eigenvalue weighted by atomic mass is 9.84. The third-order valence-corrected chi connectivity index (χ3v) is 5.13. The zero-order chi connectivity index (χ0) is 15.9. The first-order chi connectivity index (χ1) is 10.6. The van der Waals surface area contributed by atoms with Gasteiger partial charge in [0.15, 0.2) is 0 Å². The number of likely N-dealkylation sites (tertiary alicyclic amines) is 1. The Morgan fingerprint density at radius 1 is 1.36 bits per heavy atom. The Balaban J connectivity index is 1.74. The number of ether oxygens (including phenoxy) is 1. The number of carbonyl (C=O) groups excluding carboxylic acids is 1. The molecule has 0 bridgehead atoms. The minimum Gasteiger partial charge on any atom is -0.450 e. The smallest absolute Gasteiger partial charge is 0.409 e. The van der Waals surface area contributed by atoms with Gasteiger partial charge in [0.1, 0.15) is 0 Å². The van der Waals surface area contributed by atoms with E-state index in [0.29, 0.717) is 24.6 Å². The minimum atomic E-state index is -0.175. The van der Waals surface area contributed by atoms with Gasteiger partial charge >= 0.3 is 6.09 Å². The van der Waals surface area contributed by atoms with Gasteiger partial charge in [-0.1, -0.05) is 6.42 Å². The van der Waals surface area contributed by atoms with Crippen LogP contribution < -0.4 is 5.32 Å². The summed E-state index contributed by atoms with van der Waals surface area (Å²) < 4.78 is 5.06. The van der Waals surface area contributed by atoms with E-state index in [-0.39, 0.29) is 12.0 Å². The number of amides is 1. The van der Waals surface area contributed by atoms with Gasteiger partial charge < -0.3 is 15.0 Å². The summed E-state index contributed by atoms with van der Waals surface area (Å²) >= 11 is 0. The fourth-order valence-corrected chi connectivity index (χ4v) is 3.76. The maximum absolute atomic E-state index is 11.7. The summed E-state index contributed by atoms with van der Waals surface area (Å²) in [5, 5.41) is 12.8. The van der Waals surface area contributed by atoms with Crippen LogP contribution in [0.25, 0.3) is 0 Å². The van der Waals surface area contributed by atoms with Crippen LogP contribution in [0.4, 0.5) is 4.79 Å². The maximum Gasteiger partial charge on any atom is 0.409 e. The summed E-state index contributed by atoms with van der Waals surface area (Å²) in [6, 6.07) is 3.35. The summed E-state index contributed by atoms with van der Waals surface area (Å²) in [6.45, 7) is 6.12. The summed E-state index contributed by atoms with van der Waals surface area (Å²) in [5.41, 5.74) is 0. The number of nitrogens with zero attached hydrogens (tertiary/aromatic N) is 2. The van der Waals surface area contributed by atoms with Gasteiger partial charge in [0.05, 0.1) is 12.7 Å². The van der Waals surface area contributed by atoms with Crippen LogP contribution in [0.3, 0.4) is 0 Å². The predicted octanol–water partition coefficient (Wildman–Crippen LogP) is 2.92. The van der Waals surface area contributed by atoms with E-state index in [1.54, 1.807) is 0 Å². The van der Waals surface area contributed by atoms with Gasteiger partial charge in [-0.05, 0) is 51.9 Å². The van der Waals surface area contributed by atoms with E-state index >= 15 is 0 Å². The Hall–Kier alpha value is -1.28. The largest absolute Gasteiger partial charge is 0.450 e. The van der Waals surface area contributed by atoms with E-state index in [4.69, 9.17) is 10.00 Å². The van der Waals surface area contributed by atoms with Gasteiger partial charge in [0, 0.05) is 31.1 Å². The summed E-state index contributed by atoms with van der Waals surface area (Å²) in [5.74, 6) is 0.831. The fourth-order valence-electron chi connectivity index (χ4n) is 3.76. The summed E-state index contributed by atoms with van der Waals surface area (Å²) in [7, 11) is 0. The van der Waals surface area contributed by atoms with Crippen molar-refractivity contribution < 1.29 is 9.53 Å². The molecule has 2 aliphatic rings. The predicted molar refractivity (Wildman–Crippen MR) is 85.3 cm³/mol. The second-order valence-electron chi connectivity index (χ2n) is 6.67. The average Bonchev–Trinajstić information content (AvgIpc) is 2.55. The van der Waals surface area contributed by atoms with Crippen molar-refractivity contribution in [1.29, 1.82) is 5.26 Å². The molecule has 0 unspecified atom stereocenters. The van der Waals surface area contributed by atoms with Crippen molar-refractivity contribution >= 4 is 6.09 Å². The van der Waals surface area contributed by atoms with E-state index in [9.17, 15) is 4.79 Å². The van der Waals surface area contributed by atoms with Gasteiger partial charge in [-0.2, -0.15) is 5.26 Å². The minimum absolute atomic E-state index is 0.175. The molecule has 1 saturated heterocycles. The molecule has 5 heteroatoms. The first-order valence-corrected chi connectivity index (χ1v) is 8.71. The second kappa shape index (κ2) is 8.38. The van der Waals surface area contributed by atoms with Crippen LogP contribution in [-0.2, 0) is 4.74 Å². The summed E-state index contributed by atoms with van der Waals surface area (Å²) in [4.78, 5) is 13.5. The lowest BCUT2D eigenvalue weighted by Gasteiger charge is -2.37. The van der Waals surface area contributed by atoms with Gasteiger partial charge in [-0.3, -0.25) is 0 Å². The maximum atomic E-state index is 11.7. The Kier molecular flexibility index (Phi) is 6.50. The quantitative estimate of drug-likeness (QED) is 0.867. The number of carbonyl (C=O) groups is 1. The molecule has 3 atom stereocenters. The molecule has 124 valence electrons. The highest BCUT2D eigenvalue weighted by molar-refractivity contribution is 5.67. The molecule has 1 N–H and O–H groups in total. The number of piperidine rings is 1. The number of hydrogen-bond donors (Lipinski definition) is 1. The van der Waals surface area contributed by atoms with Gasteiger partial charge in [-0.15, -0.1) is 0 Å². The molecular weight excluding hydrogens is 278 g/mol. The van der Waals surface area contributed by atoms with Crippen molar-refractivity contribution in [3.8, 4) is 6.07 Å². The van der Waals surface area contributed by atoms with E-state index < -0.39 is 0 Å². The lowest BCUT2D eigenvalue weighted by molar-refractivity contribution is 0.0865. The van der Waals surface area contributed by atoms with Crippen LogP contribution in [0.1, 0.15) is 52.4 Å². The Bertz CT molecular complexity index is 399. The molecule has 1 aliphatic carbocycles. The monoisotopic (exact) mass is 307 g/mol. The SMILES string of the molecule is CCOC(=O)N1CCC([C@H](C)N[C@H]2CCC[C@@H](C#N)C2)CC1. The molecule has 22 heavy (non-hydrogen) atoms. The first-order valence-electron chi connectivity index (χ1n) is 8.71. The highest BCUT2D eigenvalue weighted by Crippen LogP contribution is 2.26. The third-order valence-electron chi connectivity index (χ3n) is 5.13. The number of rotatable bonds is 4. The fraction of sp³-hybridized carbons (Fsp3) is 0.882. The van der Waals surface area contributed by atoms with E-state index in [0.717, 1.165) is 45.2 Å². The topological polar surface area (TPSA) is 65.4 Å². The number of nitrogens with one attached hydrogen (secondary N) is 1. The molecule has 2 rings (SSSR count). The van der Waals surface area contributed by atoms with Crippen molar-refractivity contribution in [2.45, 2.75) is 64.5 Å². The van der Waals surface area contributed by atoms with Crippen molar-refractivity contribution in [2.75, 3.05) is 19.7 Å². The second-order valence-corrected chi connectivity index (χ2v) is 6.67. The zero-order valence-electron chi connectivity index (χ0n) is 13.9. The lowest BCUT2D eigenvalue weighted by Crippen LogP contribution is -2.47. The molecule has 1 saturated carbocycles. The van der Waals surface area contributed by atoms with E-state index in [2.05, 4.69) is 18.3 Å². The molecule has 1 aliphatic heterocycles. The van der Waals surface area contributed by atoms with Gasteiger partial charge in [0.25, 0.3) is 0 Å². The molecule has 1 amide bonds. The first kappa shape index (κ1) is 17.1. The van der Waals surface area contributed by atoms with Crippen molar-refractivity contribution in [2.24, 2.45) is 11.8 Å². The molecule has 1 heterocycles. The highest BCUT2D eigenvalue weighted by atomic mass is 16.6. The third kappa shape index (κ3) is 4.61. The number of hydrogen-bond acceptors (Lipinski definition) is 4. The number of nitriles is 1. The van der Waals surface area contributed by atoms with E-state index in [1.165, 1.54) is 6.42 Å². The highest BCUT2D eigenvalue weighted by Gasteiger charge is 2.29. The normalized spacial score (nSPS) is 28.0. The molecule has 2 fully saturated rings. The van der Waals surface area contributed by atoms with E-state index in [1.807, 2.05) is 11.8 Å². The molecular formula is C17H29N3O2. The van der Waals surface area contributed by atoms with Crippen molar-refractivity contribution in [3.05, 3.63) is 0 Å². The van der Waals surface area contributed by atoms with Crippen molar-refractivity contribution in [3.63, 3.8) is 0 Å². The molecule has 0 radical (unpaired) electrons. The Labute approximate surface area is 134 Å². The molecule has 0 aromatic heterocycles. The standard InChI is InChI=1S/C17H29N3O2/c1-3-22-17(21)20-9-7-15(8-10-20)13(2)19-16-6-4-5-14(11-16)12-18/h13-16,19H,3-11H2,1-2H3/t13-,14+,16-/m0/s1. The zero-order valence-corrected chi connectivity index (χ0v) is 13.9. The molecule has 0 aromatic rings. The average molecular weight is 307 g/mol. The van der Waals surface area contributed by atoms with Crippen LogP contribution in [0.2, 0.25) is 0 Å². The van der Waals surface area contributed by atoms with Crippen molar-refractivity contribution in [1.82, 2.24) is 10.2 Å². The Morgan fingerprint density at radius 3 is 2.73 bits per heavy atom. The summed E-state index contributed by atoms with van der Waals surface area (Å²) in [6.07, 6.45) is 6.27. The van der Waals surface area contributed by atoms with Crippen LogP contribution in [0, 0.1) is 23.2 Å². The van der Waals surface area contributed by atoms with Gasteiger partial charge in [0.2, 0.25) is 0 Å². The Morgan fingerprint density at radius 2 is 2.09 bits per heavy atom. The molecule has 0 aromatic carbocycles. The van der Waals surface area contributed by atoms with Crippen LogP contribution in [-0.4, -0.2) is 42.8 Å². The van der Waals surface area contributed by atoms with Crippen LogP contribution >= 0.6 is 0 Å².